The predicted molar refractivity (Wildman–Crippen MR) is 86.7 cm³/mol. The Hall–Kier alpha value is -1.56. The number of carboxylic acid groups (broad SMARTS) is 1. The molecule has 116 valence electrons. The highest BCUT2D eigenvalue weighted by atomic mass is 79.9. The molecule has 6 heteroatoms. The van der Waals surface area contributed by atoms with Crippen LogP contribution in [-0.2, 0) is 0 Å². The fraction of sp³-hybridized carbons (Fsp3) is 0.467. The zero-order valence-electron chi connectivity index (χ0n) is 12.7. The molecule has 0 aliphatic carbocycles. The van der Waals surface area contributed by atoms with Crippen molar-refractivity contribution in [1.82, 2.24) is 5.32 Å². The number of amides is 2. The average Bonchev–Trinajstić information content (AvgIpc) is 2.38. The molecule has 0 aliphatic rings. The van der Waals surface area contributed by atoms with E-state index in [2.05, 4.69) is 54.3 Å². The summed E-state index contributed by atoms with van der Waals surface area (Å²) in [5, 5.41) is 14.4. The van der Waals surface area contributed by atoms with Crippen LogP contribution in [-0.4, -0.2) is 23.7 Å². The van der Waals surface area contributed by atoms with Crippen LogP contribution in [0.3, 0.4) is 0 Å². The van der Waals surface area contributed by atoms with Crippen molar-refractivity contribution in [1.29, 1.82) is 0 Å². The zero-order chi connectivity index (χ0) is 16.2. The summed E-state index contributed by atoms with van der Waals surface area (Å²) < 4.78 is 0.528. The highest BCUT2D eigenvalue weighted by molar-refractivity contribution is 9.10. The molecule has 0 radical (unpaired) electrons. The summed E-state index contributed by atoms with van der Waals surface area (Å²) in [6, 6.07) is 4.14. The van der Waals surface area contributed by atoms with Gasteiger partial charge in [0.05, 0.1) is 11.3 Å². The molecule has 2 amide bonds. The third-order valence-corrected chi connectivity index (χ3v) is 4.39. The Balaban J connectivity index is 2.66. The molecule has 0 bridgehead atoms. The number of halogens is 1. The minimum atomic E-state index is -1.01. The van der Waals surface area contributed by atoms with Crippen molar-refractivity contribution in [2.24, 2.45) is 11.3 Å². The zero-order valence-corrected chi connectivity index (χ0v) is 14.2. The number of anilines is 1. The summed E-state index contributed by atoms with van der Waals surface area (Å²) in [5.41, 5.74) is 0.690. The quantitative estimate of drug-likeness (QED) is 0.747. The molecule has 0 atom stereocenters. The second-order valence-corrected chi connectivity index (χ2v) is 6.81. The highest BCUT2D eigenvalue weighted by Crippen LogP contribution is 2.25. The van der Waals surface area contributed by atoms with Gasteiger partial charge in [-0.2, -0.15) is 0 Å². The molecule has 0 saturated heterocycles. The second-order valence-electron chi connectivity index (χ2n) is 5.95. The van der Waals surface area contributed by atoms with Gasteiger partial charge < -0.3 is 15.7 Å². The summed E-state index contributed by atoms with van der Waals surface area (Å²) >= 11 is 3.25. The third kappa shape index (κ3) is 5.04. The van der Waals surface area contributed by atoms with Gasteiger partial charge in [0, 0.05) is 11.0 Å². The molecule has 0 saturated carbocycles. The summed E-state index contributed by atoms with van der Waals surface area (Å²) in [7, 11) is 0. The van der Waals surface area contributed by atoms with Crippen LogP contribution in [0, 0.1) is 11.3 Å². The molecule has 0 heterocycles. The van der Waals surface area contributed by atoms with E-state index in [1.54, 1.807) is 6.07 Å². The summed E-state index contributed by atoms with van der Waals surface area (Å²) in [6.07, 6.45) is 0. The van der Waals surface area contributed by atoms with Crippen molar-refractivity contribution >= 4 is 33.6 Å². The lowest BCUT2D eigenvalue weighted by Crippen LogP contribution is -2.39. The van der Waals surface area contributed by atoms with Crippen LogP contribution in [0.15, 0.2) is 22.7 Å². The van der Waals surface area contributed by atoms with Crippen LogP contribution >= 0.6 is 15.9 Å². The molecule has 0 aliphatic heterocycles. The smallest absolute Gasteiger partial charge is 0.335 e. The van der Waals surface area contributed by atoms with E-state index in [0.29, 0.717) is 22.6 Å². The van der Waals surface area contributed by atoms with Crippen LogP contribution in [0.1, 0.15) is 38.1 Å². The van der Waals surface area contributed by atoms with Crippen molar-refractivity contribution < 1.29 is 14.7 Å². The number of benzene rings is 1. The van der Waals surface area contributed by atoms with Gasteiger partial charge in [-0.25, -0.2) is 9.59 Å². The van der Waals surface area contributed by atoms with E-state index in [9.17, 15) is 9.59 Å². The number of carbonyl (C=O) groups excluding carboxylic acids is 1. The number of hydrogen-bond acceptors (Lipinski definition) is 2. The summed E-state index contributed by atoms with van der Waals surface area (Å²) in [4.78, 5) is 22.7. The molecule has 21 heavy (non-hydrogen) atoms. The van der Waals surface area contributed by atoms with E-state index in [-0.39, 0.29) is 17.0 Å². The lowest BCUT2D eigenvalue weighted by Gasteiger charge is -2.29. The van der Waals surface area contributed by atoms with Gasteiger partial charge in [0.15, 0.2) is 0 Å². The van der Waals surface area contributed by atoms with Gasteiger partial charge in [0.1, 0.15) is 0 Å². The van der Waals surface area contributed by atoms with Crippen LogP contribution < -0.4 is 10.6 Å². The predicted octanol–water partition coefficient (Wildman–Crippen LogP) is 3.95. The summed E-state index contributed by atoms with van der Waals surface area (Å²) in [6.45, 7) is 8.97. The van der Waals surface area contributed by atoms with E-state index in [1.165, 1.54) is 12.1 Å². The molecule has 0 unspecified atom stereocenters. The third-order valence-electron chi connectivity index (χ3n) is 3.73. The Kier molecular flexibility index (Phi) is 5.78. The van der Waals surface area contributed by atoms with Crippen LogP contribution in [0.5, 0.6) is 0 Å². The van der Waals surface area contributed by atoms with Crippen molar-refractivity contribution in [2.45, 2.75) is 27.7 Å². The number of carbonyl (C=O) groups is 2. The molecular formula is C15H21BrN2O3. The normalized spacial score (nSPS) is 11.3. The maximum Gasteiger partial charge on any atom is 0.335 e. The largest absolute Gasteiger partial charge is 0.478 e. The van der Waals surface area contributed by atoms with Gasteiger partial charge in [-0.05, 0) is 45.5 Å². The van der Waals surface area contributed by atoms with Crippen LogP contribution in [0.2, 0.25) is 0 Å². The molecule has 0 aromatic heterocycles. The SMILES string of the molecule is CC(C)C(C)(C)CNC(=O)Nc1ccc(C(=O)O)cc1Br. The Morgan fingerprint density at radius 1 is 1.33 bits per heavy atom. The first kappa shape index (κ1) is 17.5. The summed E-state index contributed by atoms with van der Waals surface area (Å²) in [5.74, 6) is -0.565. The van der Waals surface area contributed by atoms with E-state index < -0.39 is 5.97 Å². The monoisotopic (exact) mass is 356 g/mol. The number of rotatable bonds is 5. The maximum atomic E-state index is 11.9. The topological polar surface area (TPSA) is 78.4 Å². The van der Waals surface area contributed by atoms with Gasteiger partial charge in [0.25, 0.3) is 0 Å². The minimum Gasteiger partial charge on any atom is -0.478 e. The highest BCUT2D eigenvalue weighted by Gasteiger charge is 2.23. The Labute approximate surface area is 133 Å². The van der Waals surface area contributed by atoms with E-state index in [1.807, 2.05) is 0 Å². The first-order chi connectivity index (χ1) is 9.63. The van der Waals surface area contributed by atoms with E-state index >= 15 is 0 Å². The van der Waals surface area contributed by atoms with Crippen LogP contribution in [0.4, 0.5) is 10.5 Å². The number of aromatic carboxylic acids is 1. The number of carboxylic acids is 1. The van der Waals surface area contributed by atoms with Gasteiger partial charge >= 0.3 is 12.0 Å². The van der Waals surface area contributed by atoms with Gasteiger partial charge in [-0.1, -0.05) is 27.7 Å². The molecule has 0 fully saturated rings. The van der Waals surface area contributed by atoms with Crippen LogP contribution in [0.25, 0.3) is 0 Å². The fourth-order valence-corrected chi connectivity index (χ4v) is 1.91. The number of hydrogen-bond donors (Lipinski definition) is 3. The van der Waals surface area contributed by atoms with Crippen molar-refractivity contribution in [3.8, 4) is 0 Å². The van der Waals surface area contributed by atoms with Gasteiger partial charge in [0.2, 0.25) is 0 Å². The number of urea groups is 1. The first-order valence-electron chi connectivity index (χ1n) is 6.71. The Morgan fingerprint density at radius 3 is 2.43 bits per heavy atom. The second kappa shape index (κ2) is 6.93. The van der Waals surface area contributed by atoms with Gasteiger partial charge in [-0.3, -0.25) is 0 Å². The standard InChI is InChI=1S/C15H21BrN2O3/c1-9(2)15(3,4)8-17-14(21)18-12-6-5-10(13(19)20)7-11(12)16/h5-7,9H,8H2,1-4H3,(H,19,20)(H2,17,18,21). The van der Waals surface area contributed by atoms with Crippen molar-refractivity contribution in [3.63, 3.8) is 0 Å². The lowest BCUT2D eigenvalue weighted by molar-refractivity contribution is 0.0697. The maximum absolute atomic E-state index is 11.9. The molecule has 1 aromatic rings. The van der Waals surface area contributed by atoms with Gasteiger partial charge in [-0.15, -0.1) is 0 Å². The lowest BCUT2D eigenvalue weighted by atomic mass is 9.81. The first-order valence-corrected chi connectivity index (χ1v) is 7.50. The van der Waals surface area contributed by atoms with E-state index in [4.69, 9.17) is 5.11 Å². The van der Waals surface area contributed by atoms with Crippen molar-refractivity contribution in [3.05, 3.63) is 28.2 Å². The molecule has 0 spiro atoms. The molecule has 1 aromatic carbocycles. The molecule has 5 nitrogen and oxygen atoms in total. The fourth-order valence-electron chi connectivity index (χ4n) is 1.43. The van der Waals surface area contributed by atoms with E-state index in [0.717, 1.165) is 0 Å². The Bertz CT molecular complexity index is 542. The number of nitrogens with one attached hydrogen (secondary N) is 2. The Morgan fingerprint density at radius 2 is 1.95 bits per heavy atom. The minimum absolute atomic E-state index is 0.00172. The molecule has 1 rings (SSSR count). The van der Waals surface area contributed by atoms with Crippen molar-refractivity contribution in [2.75, 3.05) is 11.9 Å². The average molecular weight is 357 g/mol. The molecular weight excluding hydrogens is 336 g/mol. The molecule has 3 N–H and O–H groups in total.